The predicted octanol–water partition coefficient (Wildman–Crippen LogP) is 3.95. The second-order valence-electron chi connectivity index (χ2n) is 7.00. The normalized spacial score (nSPS) is 14.4. The number of hydrogen-bond donors (Lipinski definition) is 1. The summed E-state index contributed by atoms with van der Waals surface area (Å²) < 4.78 is 16.4. The lowest BCUT2D eigenvalue weighted by Crippen LogP contribution is -2.30. The first-order chi connectivity index (χ1) is 13.6. The van der Waals surface area contributed by atoms with Gasteiger partial charge in [-0.1, -0.05) is 0 Å². The number of H-pyrrole nitrogens is 1. The number of nitrogens with zero attached hydrogens (tertiary/aromatic N) is 3. The first-order valence-corrected chi connectivity index (χ1v) is 9.57. The molecule has 0 spiro atoms. The highest BCUT2D eigenvalue weighted by Gasteiger charge is 2.20. The fraction of sp³-hybridized carbons (Fsp3) is 0.429. The van der Waals surface area contributed by atoms with Crippen LogP contribution in [0.25, 0.3) is 22.3 Å². The zero-order valence-electron chi connectivity index (χ0n) is 16.8. The molecule has 0 aliphatic carbocycles. The van der Waals surface area contributed by atoms with Gasteiger partial charge >= 0.3 is 0 Å². The summed E-state index contributed by atoms with van der Waals surface area (Å²) in [5.41, 5.74) is 3.76. The molecule has 148 valence electrons. The minimum absolute atomic E-state index is 0.578. The van der Waals surface area contributed by atoms with E-state index >= 15 is 0 Å². The molecule has 28 heavy (non-hydrogen) atoms. The molecule has 1 aliphatic rings. The molecule has 1 aromatic carbocycles. The van der Waals surface area contributed by atoms with Crippen LogP contribution in [0.4, 0.5) is 5.82 Å². The van der Waals surface area contributed by atoms with Crippen molar-refractivity contribution in [3.63, 3.8) is 0 Å². The third-order valence-corrected chi connectivity index (χ3v) is 5.20. The van der Waals surface area contributed by atoms with E-state index in [9.17, 15) is 0 Å². The van der Waals surface area contributed by atoms with Gasteiger partial charge in [0.2, 0.25) is 5.75 Å². The molecule has 1 N–H and O–H groups in total. The van der Waals surface area contributed by atoms with Gasteiger partial charge in [-0.3, -0.25) is 0 Å². The van der Waals surface area contributed by atoms with Crippen molar-refractivity contribution >= 4 is 16.9 Å². The van der Waals surface area contributed by atoms with Crippen molar-refractivity contribution in [2.24, 2.45) is 0 Å². The molecule has 0 amide bonds. The molecule has 1 aliphatic heterocycles. The Bertz CT molecular complexity index is 968. The van der Waals surface area contributed by atoms with Gasteiger partial charge in [0.05, 0.1) is 26.8 Å². The maximum Gasteiger partial charge on any atom is 0.203 e. The molecule has 0 bridgehead atoms. The van der Waals surface area contributed by atoms with E-state index in [0.717, 1.165) is 47.0 Å². The molecule has 1 fully saturated rings. The standard InChI is InChI=1S/C21H26N4O3/c1-13-22-16-12-15(14-10-17(26-2)20(28-4)18(11-14)27-3)24-19(16)21(23-13)25-8-6-5-7-9-25/h10-12,24H,5-9H2,1-4H3. The van der Waals surface area contributed by atoms with Crippen LogP contribution in [0, 0.1) is 6.92 Å². The van der Waals surface area contributed by atoms with E-state index in [1.807, 2.05) is 19.1 Å². The van der Waals surface area contributed by atoms with Crippen LogP contribution in [0.5, 0.6) is 17.2 Å². The topological polar surface area (TPSA) is 72.5 Å². The van der Waals surface area contributed by atoms with Crippen molar-refractivity contribution in [3.8, 4) is 28.5 Å². The summed E-state index contributed by atoms with van der Waals surface area (Å²) in [5.74, 6) is 3.59. The predicted molar refractivity (Wildman–Crippen MR) is 110 cm³/mol. The molecule has 2 aromatic heterocycles. The highest BCUT2D eigenvalue weighted by molar-refractivity contribution is 5.91. The summed E-state index contributed by atoms with van der Waals surface area (Å²) in [4.78, 5) is 15.3. The molecular formula is C21H26N4O3. The number of anilines is 1. The van der Waals surface area contributed by atoms with Gasteiger partial charge in [0.25, 0.3) is 0 Å². The van der Waals surface area contributed by atoms with Crippen LogP contribution >= 0.6 is 0 Å². The largest absolute Gasteiger partial charge is 0.493 e. The number of hydrogen-bond acceptors (Lipinski definition) is 6. The van der Waals surface area contributed by atoms with Crippen LogP contribution < -0.4 is 19.1 Å². The van der Waals surface area contributed by atoms with Crippen LogP contribution in [0.15, 0.2) is 18.2 Å². The molecule has 7 heteroatoms. The van der Waals surface area contributed by atoms with E-state index in [-0.39, 0.29) is 0 Å². The van der Waals surface area contributed by atoms with Gasteiger partial charge in [0.1, 0.15) is 11.3 Å². The van der Waals surface area contributed by atoms with Crippen molar-refractivity contribution in [1.82, 2.24) is 15.0 Å². The van der Waals surface area contributed by atoms with Crippen LogP contribution in [0.2, 0.25) is 0 Å². The minimum Gasteiger partial charge on any atom is -0.493 e. The van der Waals surface area contributed by atoms with E-state index < -0.39 is 0 Å². The van der Waals surface area contributed by atoms with Gasteiger partial charge in [-0.15, -0.1) is 0 Å². The number of aryl methyl sites for hydroxylation is 1. The van der Waals surface area contributed by atoms with Crippen molar-refractivity contribution in [1.29, 1.82) is 0 Å². The number of benzene rings is 1. The summed E-state index contributed by atoms with van der Waals surface area (Å²) in [6, 6.07) is 5.93. The van der Waals surface area contributed by atoms with E-state index in [2.05, 4.69) is 20.9 Å². The fourth-order valence-corrected chi connectivity index (χ4v) is 3.84. The van der Waals surface area contributed by atoms with Crippen molar-refractivity contribution in [2.75, 3.05) is 39.3 Å². The second-order valence-corrected chi connectivity index (χ2v) is 7.00. The third kappa shape index (κ3) is 3.21. The van der Waals surface area contributed by atoms with Crippen LogP contribution in [0.1, 0.15) is 25.1 Å². The number of ether oxygens (including phenoxy) is 3. The number of aromatic amines is 1. The van der Waals surface area contributed by atoms with Crippen LogP contribution in [0.3, 0.4) is 0 Å². The van der Waals surface area contributed by atoms with Crippen molar-refractivity contribution in [3.05, 3.63) is 24.0 Å². The number of methoxy groups -OCH3 is 3. The number of fused-ring (bicyclic) bond motifs is 1. The lowest BCUT2D eigenvalue weighted by Gasteiger charge is -2.28. The van der Waals surface area contributed by atoms with E-state index in [4.69, 9.17) is 19.2 Å². The Balaban J connectivity index is 1.84. The maximum atomic E-state index is 5.50. The van der Waals surface area contributed by atoms with E-state index in [0.29, 0.717) is 17.2 Å². The Morgan fingerprint density at radius 1 is 0.893 bits per heavy atom. The van der Waals surface area contributed by atoms with Gasteiger partial charge in [-0.25, -0.2) is 9.97 Å². The van der Waals surface area contributed by atoms with Gasteiger partial charge < -0.3 is 24.1 Å². The summed E-state index contributed by atoms with van der Waals surface area (Å²) in [6.45, 7) is 4.01. The monoisotopic (exact) mass is 382 g/mol. The average molecular weight is 382 g/mol. The molecule has 3 heterocycles. The Hall–Kier alpha value is -2.96. The fourth-order valence-electron chi connectivity index (χ4n) is 3.84. The second kappa shape index (κ2) is 7.58. The molecule has 3 aromatic rings. The lowest BCUT2D eigenvalue weighted by atomic mass is 10.1. The van der Waals surface area contributed by atoms with Gasteiger partial charge in [-0.2, -0.15) is 0 Å². The van der Waals surface area contributed by atoms with Crippen LogP contribution in [-0.2, 0) is 0 Å². The van der Waals surface area contributed by atoms with Crippen LogP contribution in [-0.4, -0.2) is 49.4 Å². The first-order valence-electron chi connectivity index (χ1n) is 9.57. The Morgan fingerprint density at radius 2 is 1.57 bits per heavy atom. The quantitative estimate of drug-likeness (QED) is 0.720. The minimum atomic E-state index is 0.578. The smallest absolute Gasteiger partial charge is 0.203 e. The average Bonchev–Trinajstić information content (AvgIpc) is 3.16. The van der Waals surface area contributed by atoms with Crippen molar-refractivity contribution in [2.45, 2.75) is 26.2 Å². The number of piperidine rings is 1. The Morgan fingerprint density at radius 3 is 2.18 bits per heavy atom. The number of aromatic nitrogens is 3. The van der Waals surface area contributed by atoms with E-state index in [1.165, 1.54) is 19.3 Å². The van der Waals surface area contributed by atoms with Gasteiger partial charge in [-0.05, 0) is 44.4 Å². The summed E-state index contributed by atoms with van der Waals surface area (Å²) in [7, 11) is 4.84. The van der Waals surface area contributed by atoms with Gasteiger partial charge in [0.15, 0.2) is 17.3 Å². The zero-order valence-corrected chi connectivity index (χ0v) is 16.8. The molecule has 0 radical (unpaired) electrons. The van der Waals surface area contributed by atoms with Crippen molar-refractivity contribution < 1.29 is 14.2 Å². The first kappa shape index (κ1) is 18.4. The maximum absolute atomic E-state index is 5.50. The summed E-state index contributed by atoms with van der Waals surface area (Å²) in [6.07, 6.45) is 3.68. The van der Waals surface area contributed by atoms with E-state index in [1.54, 1.807) is 21.3 Å². The molecule has 0 atom stereocenters. The zero-order chi connectivity index (χ0) is 19.7. The molecule has 4 rings (SSSR count). The molecule has 7 nitrogen and oxygen atoms in total. The number of nitrogens with one attached hydrogen (secondary N) is 1. The lowest BCUT2D eigenvalue weighted by molar-refractivity contribution is 0.324. The Labute approximate surface area is 164 Å². The SMILES string of the molecule is COc1cc(-c2cc3nc(C)nc(N4CCCCC4)c3[nH]2)cc(OC)c1OC. The highest BCUT2D eigenvalue weighted by atomic mass is 16.5. The molecule has 1 saturated heterocycles. The third-order valence-electron chi connectivity index (χ3n) is 5.20. The summed E-state index contributed by atoms with van der Waals surface area (Å²) >= 11 is 0. The Kier molecular flexibility index (Phi) is 4.98. The highest BCUT2D eigenvalue weighted by Crippen LogP contribution is 2.41. The molecule has 0 saturated carbocycles. The number of rotatable bonds is 5. The summed E-state index contributed by atoms with van der Waals surface area (Å²) in [5, 5.41) is 0. The molecule has 0 unspecified atom stereocenters. The molecular weight excluding hydrogens is 356 g/mol. The van der Waals surface area contributed by atoms with Gasteiger partial charge in [0, 0.05) is 24.3 Å².